The first-order valence-electron chi connectivity index (χ1n) is 10.8. The average Bonchev–Trinajstić information content (AvgIpc) is 3.16. The molecule has 1 N–H and O–H groups in total. The van der Waals surface area contributed by atoms with Crippen LogP contribution in [-0.4, -0.2) is 41.4 Å². The van der Waals surface area contributed by atoms with Crippen LogP contribution < -0.4 is 5.32 Å². The topological polar surface area (TPSA) is 90.5 Å². The minimum Gasteiger partial charge on any atom is -0.351 e. The largest absolute Gasteiger partial charge is 0.351 e. The van der Waals surface area contributed by atoms with E-state index < -0.39 is 0 Å². The molecule has 4 aliphatic carbocycles. The van der Waals surface area contributed by atoms with Crippen LogP contribution in [0.1, 0.15) is 67.7 Å². The Morgan fingerprint density at radius 3 is 2.45 bits per heavy atom. The molecule has 1 amide bonds. The Labute approximate surface area is 171 Å². The Balaban J connectivity index is 1.32. The van der Waals surface area contributed by atoms with Crippen LogP contribution in [0.4, 0.5) is 0 Å². The molecule has 2 unspecified atom stereocenters. The minimum atomic E-state index is -0.109. The number of carbonyl (C=O) groups is 1. The number of aromatic nitrogens is 6. The first kappa shape index (κ1) is 18.8. The van der Waals surface area contributed by atoms with E-state index in [2.05, 4.69) is 32.7 Å². The molecule has 2 aromatic rings. The zero-order valence-corrected chi connectivity index (χ0v) is 17.9. The number of hydrogen-bond donors (Lipinski definition) is 1. The van der Waals surface area contributed by atoms with Crippen LogP contribution in [0.15, 0.2) is 0 Å². The third kappa shape index (κ3) is 3.07. The molecule has 0 radical (unpaired) electrons. The predicted octanol–water partition coefficient (Wildman–Crippen LogP) is 2.13. The van der Waals surface area contributed by atoms with E-state index in [4.69, 9.17) is 0 Å². The number of nitrogens with one attached hydrogen (secondary N) is 1. The lowest BCUT2D eigenvalue weighted by molar-refractivity contribution is -0.131. The Bertz CT molecular complexity index is 944. The van der Waals surface area contributed by atoms with Gasteiger partial charge in [-0.25, -0.2) is 0 Å². The number of tetrazole rings is 1. The highest BCUT2D eigenvalue weighted by Crippen LogP contribution is 2.60. The molecule has 4 saturated carbocycles. The van der Waals surface area contributed by atoms with Gasteiger partial charge in [0.05, 0.1) is 11.2 Å². The fourth-order valence-corrected chi connectivity index (χ4v) is 6.86. The predicted molar refractivity (Wildman–Crippen MR) is 107 cm³/mol. The summed E-state index contributed by atoms with van der Waals surface area (Å²) in [7, 11) is 1.96. The van der Waals surface area contributed by atoms with Gasteiger partial charge in [-0.15, -0.1) is 10.2 Å². The standard InChI is InChI=1S/C21H31N7O/c1-13-18(14(2)27(4)24-13)5-6-19(29)22-20-8-16-7-17(9-20)11-21(10-16,12-20)28-25-15(3)23-26-28/h16-17H,5-12H2,1-4H3,(H,22,29). The van der Waals surface area contributed by atoms with Gasteiger partial charge in [0.1, 0.15) is 0 Å². The van der Waals surface area contributed by atoms with Crippen LogP contribution in [-0.2, 0) is 23.8 Å². The zero-order valence-electron chi connectivity index (χ0n) is 17.9. The molecular formula is C21H31N7O. The van der Waals surface area contributed by atoms with E-state index in [1.54, 1.807) is 0 Å². The number of hydrogen-bond acceptors (Lipinski definition) is 5. The minimum absolute atomic E-state index is 0.0743. The van der Waals surface area contributed by atoms with Crippen LogP contribution in [0.5, 0.6) is 0 Å². The third-order valence-electron chi connectivity index (χ3n) is 7.63. The molecule has 0 spiro atoms. The Morgan fingerprint density at radius 2 is 1.86 bits per heavy atom. The van der Waals surface area contributed by atoms with E-state index in [1.807, 2.05) is 30.4 Å². The van der Waals surface area contributed by atoms with Gasteiger partial charge in [-0.2, -0.15) is 9.90 Å². The molecule has 8 heteroatoms. The van der Waals surface area contributed by atoms with Gasteiger partial charge in [0.15, 0.2) is 5.82 Å². The van der Waals surface area contributed by atoms with E-state index in [0.717, 1.165) is 55.7 Å². The number of amides is 1. The molecule has 4 bridgehead atoms. The molecule has 2 aromatic heterocycles. The summed E-state index contributed by atoms with van der Waals surface area (Å²) in [5.41, 5.74) is 3.19. The van der Waals surface area contributed by atoms with Crippen LogP contribution in [0.3, 0.4) is 0 Å². The summed E-state index contributed by atoms with van der Waals surface area (Å²) in [6.45, 7) is 5.99. The first-order valence-corrected chi connectivity index (χ1v) is 10.8. The average molecular weight is 398 g/mol. The van der Waals surface area contributed by atoms with Crippen LogP contribution >= 0.6 is 0 Å². The molecule has 0 saturated heterocycles. The molecule has 0 aromatic carbocycles. The summed E-state index contributed by atoms with van der Waals surface area (Å²) in [6.07, 6.45) is 7.88. The van der Waals surface area contributed by atoms with Crippen LogP contribution in [0, 0.1) is 32.6 Å². The lowest BCUT2D eigenvalue weighted by Gasteiger charge is -2.61. The van der Waals surface area contributed by atoms with Gasteiger partial charge >= 0.3 is 0 Å². The summed E-state index contributed by atoms with van der Waals surface area (Å²) in [5.74, 6) is 2.17. The highest BCUT2D eigenvalue weighted by atomic mass is 16.1. The number of rotatable bonds is 5. The Hall–Kier alpha value is -2.25. The van der Waals surface area contributed by atoms with Gasteiger partial charge in [-0.3, -0.25) is 9.48 Å². The van der Waals surface area contributed by atoms with Gasteiger partial charge in [0.2, 0.25) is 5.91 Å². The molecule has 6 rings (SSSR count). The maximum atomic E-state index is 13.0. The summed E-state index contributed by atoms with van der Waals surface area (Å²) in [6, 6.07) is 0. The van der Waals surface area contributed by atoms with Gasteiger partial charge < -0.3 is 5.32 Å². The highest BCUT2D eigenvalue weighted by Gasteiger charge is 2.60. The van der Waals surface area contributed by atoms with Gasteiger partial charge in [0, 0.05) is 24.7 Å². The monoisotopic (exact) mass is 397 g/mol. The summed E-state index contributed by atoms with van der Waals surface area (Å²) >= 11 is 0. The maximum absolute atomic E-state index is 13.0. The second kappa shape index (κ2) is 6.37. The van der Waals surface area contributed by atoms with Gasteiger partial charge in [0.25, 0.3) is 0 Å². The second-order valence-corrected chi connectivity index (χ2v) is 9.91. The summed E-state index contributed by atoms with van der Waals surface area (Å²) in [5, 5.41) is 21.0. The Kier molecular flexibility index (Phi) is 4.12. The van der Waals surface area contributed by atoms with Crippen molar-refractivity contribution in [1.82, 2.24) is 35.3 Å². The van der Waals surface area contributed by atoms with Crippen molar-refractivity contribution >= 4 is 5.91 Å². The van der Waals surface area contributed by atoms with Crippen LogP contribution in [0.25, 0.3) is 0 Å². The lowest BCUT2D eigenvalue weighted by Crippen LogP contribution is -2.66. The molecular weight excluding hydrogens is 366 g/mol. The zero-order chi connectivity index (χ0) is 20.4. The second-order valence-electron chi connectivity index (χ2n) is 9.91. The van der Waals surface area contributed by atoms with Gasteiger partial charge in [-0.05, 0) is 88.3 Å². The van der Waals surface area contributed by atoms with Gasteiger partial charge in [-0.1, -0.05) is 0 Å². The highest BCUT2D eigenvalue weighted by molar-refractivity contribution is 5.77. The van der Waals surface area contributed by atoms with Crippen molar-refractivity contribution in [2.24, 2.45) is 18.9 Å². The van der Waals surface area contributed by atoms with E-state index in [1.165, 1.54) is 12.0 Å². The molecule has 156 valence electrons. The van der Waals surface area contributed by atoms with Crippen molar-refractivity contribution < 1.29 is 4.79 Å². The van der Waals surface area contributed by atoms with Crippen molar-refractivity contribution in [2.45, 2.75) is 83.2 Å². The van der Waals surface area contributed by atoms with Crippen molar-refractivity contribution in [2.75, 3.05) is 0 Å². The maximum Gasteiger partial charge on any atom is 0.220 e. The van der Waals surface area contributed by atoms with Crippen molar-refractivity contribution in [3.8, 4) is 0 Å². The third-order valence-corrected chi connectivity index (χ3v) is 7.63. The fourth-order valence-electron chi connectivity index (χ4n) is 6.86. The van der Waals surface area contributed by atoms with E-state index >= 15 is 0 Å². The van der Waals surface area contributed by atoms with Crippen LogP contribution in [0.2, 0.25) is 0 Å². The molecule has 0 aliphatic heterocycles. The summed E-state index contributed by atoms with van der Waals surface area (Å²) in [4.78, 5) is 14.9. The first-order chi connectivity index (χ1) is 13.8. The number of aryl methyl sites for hydroxylation is 3. The number of carbonyl (C=O) groups excluding carboxylic acids is 1. The smallest absolute Gasteiger partial charge is 0.220 e. The molecule has 4 fully saturated rings. The molecule has 8 nitrogen and oxygen atoms in total. The van der Waals surface area contributed by atoms with Crippen molar-refractivity contribution in [3.05, 3.63) is 22.8 Å². The molecule has 4 aliphatic rings. The van der Waals surface area contributed by atoms with Crippen molar-refractivity contribution in [1.29, 1.82) is 0 Å². The molecule has 2 atom stereocenters. The quantitative estimate of drug-likeness (QED) is 0.835. The van der Waals surface area contributed by atoms with E-state index in [9.17, 15) is 4.79 Å². The molecule has 2 heterocycles. The normalized spacial score (nSPS) is 32.7. The molecule has 29 heavy (non-hydrogen) atoms. The Morgan fingerprint density at radius 1 is 1.14 bits per heavy atom. The lowest BCUT2D eigenvalue weighted by atomic mass is 9.50. The SMILES string of the molecule is Cc1nnn(C23CC4CC(CC(NC(=O)CCc5c(C)nn(C)c5C)(C4)C2)C3)n1. The summed E-state index contributed by atoms with van der Waals surface area (Å²) < 4.78 is 1.90. The number of nitrogens with zero attached hydrogens (tertiary/aromatic N) is 6. The van der Waals surface area contributed by atoms with E-state index in [0.29, 0.717) is 18.3 Å². The van der Waals surface area contributed by atoms with Crippen molar-refractivity contribution in [3.63, 3.8) is 0 Å². The fraction of sp³-hybridized carbons (Fsp3) is 0.762. The van der Waals surface area contributed by atoms with E-state index in [-0.39, 0.29) is 17.0 Å².